The zero-order valence-corrected chi connectivity index (χ0v) is 16.6. The third kappa shape index (κ3) is 6.20. The molecule has 2 aliphatic heterocycles. The van der Waals surface area contributed by atoms with E-state index in [4.69, 9.17) is 0 Å². The maximum atomic E-state index is 13.2. The summed E-state index contributed by atoms with van der Waals surface area (Å²) in [5.41, 5.74) is 1.11. The van der Waals surface area contributed by atoms with Crippen molar-refractivity contribution in [2.45, 2.75) is 57.8 Å². The van der Waals surface area contributed by atoms with Gasteiger partial charge in [-0.1, -0.05) is 6.92 Å². The highest BCUT2D eigenvalue weighted by molar-refractivity contribution is 5.85. The predicted octanol–water partition coefficient (Wildman–Crippen LogP) is 2.45. The lowest BCUT2D eigenvalue weighted by Crippen LogP contribution is -2.46. The molecular weight excluding hydrogens is 364 g/mol. The molecular formula is C17H30Cl2FN5. The Balaban J connectivity index is 0.00000156. The number of hydrogen-bond donors (Lipinski definition) is 2. The molecule has 25 heavy (non-hydrogen) atoms. The van der Waals surface area contributed by atoms with Crippen molar-refractivity contribution >= 4 is 30.6 Å². The standard InChI is InChI=1S/C17H28FN5.2ClH/c1-3-14-9-17(22-12(2)21-14)23-6-4-15(5-7-23)20-11-16-8-13(18)10-19-16;;/h9,13,15-16,19-20H,3-8,10-11H2,1-2H3;2*1H/t13-,16-;;/m0../s1. The van der Waals surface area contributed by atoms with Gasteiger partial charge in [-0.05, 0) is 32.6 Å². The second-order valence-electron chi connectivity index (χ2n) is 6.73. The molecule has 144 valence electrons. The lowest BCUT2D eigenvalue weighted by atomic mass is 10.0. The Morgan fingerprint density at radius 1 is 1.28 bits per heavy atom. The van der Waals surface area contributed by atoms with Crippen LogP contribution in [0.4, 0.5) is 10.2 Å². The van der Waals surface area contributed by atoms with Gasteiger partial charge in [0.25, 0.3) is 0 Å². The number of nitrogens with zero attached hydrogens (tertiary/aromatic N) is 3. The highest BCUT2D eigenvalue weighted by Crippen LogP contribution is 2.19. The van der Waals surface area contributed by atoms with Gasteiger partial charge in [-0.25, -0.2) is 14.4 Å². The van der Waals surface area contributed by atoms with E-state index in [9.17, 15) is 4.39 Å². The number of aromatic nitrogens is 2. The van der Waals surface area contributed by atoms with Crippen LogP contribution in [0.3, 0.4) is 0 Å². The van der Waals surface area contributed by atoms with E-state index in [0.29, 0.717) is 25.0 Å². The summed E-state index contributed by atoms with van der Waals surface area (Å²) >= 11 is 0. The molecule has 0 bridgehead atoms. The Hall–Kier alpha value is -0.690. The SMILES string of the molecule is CCc1cc(N2CCC(NC[C@@H]3C[C@H](F)CN3)CC2)nc(C)n1.Cl.Cl. The number of anilines is 1. The van der Waals surface area contributed by atoms with E-state index in [1.54, 1.807) is 0 Å². The van der Waals surface area contributed by atoms with Crippen molar-refractivity contribution in [2.24, 2.45) is 0 Å². The van der Waals surface area contributed by atoms with Crippen LogP contribution in [0.5, 0.6) is 0 Å². The number of rotatable bonds is 5. The fourth-order valence-electron chi connectivity index (χ4n) is 3.50. The molecule has 5 nitrogen and oxygen atoms in total. The van der Waals surface area contributed by atoms with E-state index in [2.05, 4.69) is 38.5 Å². The maximum Gasteiger partial charge on any atom is 0.132 e. The fraction of sp³-hybridized carbons (Fsp3) is 0.765. The summed E-state index contributed by atoms with van der Waals surface area (Å²) < 4.78 is 13.2. The highest BCUT2D eigenvalue weighted by atomic mass is 35.5. The molecule has 0 amide bonds. The van der Waals surface area contributed by atoms with Crippen LogP contribution in [-0.4, -0.2) is 54.4 Å². The van der Waals surface area contributed by atoms with Crippen molar-refractivity contribution in [3.8, 4) is 0 Å². The normalized spacial score (nSPS) is 23.9. The van der Waals surface area contributed by atoms with Crippen molar-refractivity contribution < 1.29 is 4.39 Å². The number of halogens is 3. The van der Waals surface area contributed by atoms with Crippen LogP contribution in [-0.2, 0) is 6.42 Å². The number of aryl methyl sites for hydroxylation is 2. The summed E-state index contributed by atoms with van der Waals surface area (Å²) in [5.74, 6) is 1.92. The molecule has 2 saturated heterocycles. The minimum atomic E-state index is -0.669. The average Bonchev–Trinajstić information content (AvgIpc) is 2.98. The summed E-state index contributed by atoms with van der Waals surface area (Å²) in [7, 11) is 0. The van der Waals surface area contributed by atoms with Crippen LogP contribution in [0.1, 0.15) is 37.7 Å². The quantitative estimate of drug-likeness (QED) is 0.804. The average molecular weight is 394 g/mol. The van der Waals surface area contributed by atoms with Gasteiger partial charge in [0.1, 0.15) is 17.8 Å². The third-order valence-corrected chi connectivity index (χ3v) is 4.88. The summed E-state index contributed by atoms with van der Waals surface area (Å²) in [4.78, 5) is 11.4. The molecule has 0 saturated carbocycles. The summed E-state index contributed by atoms with van der Waals surface area (Å²) in [6.45, 7) is 7.50. The van der Waals surface area contributed by atoms with Gasteiger partial charge in [-0.15, -0.1) is 24.8 Å². The summed E-state index contributed by atoms with van der Waals surface area (Å²) in [6, 6.07) is 2.94. The summed E-state index contributed by atoms with van der Waals surface area (Å²) in [5, 5.41) is 6.84. The van der Waals surface area contributed by atoms with Crippen LogP contribution in [0, 0.1) is 6.92 Å². The van der Waals surface area contributed by atoms with Crippen LogP contribution in [0.2, 0.25) is 0 Å². The van der Waals surface area contributed by atoms with Gasteiger partial charge in [-0.3, -0.25) is 0 Å². The molecule has 0 radical (unpaired) electrons. The fourth-order valence-corrected chi connectivity index (χ4v) is 3.50. The first-order valence-electron chi connectivity index (χ1n) is 8.84. The van der Waals surface area contributed by atoms with Gasteiger partial charge in [0.2, 0.25) is 0 Å². The van der Waals surface area contributed by atoms with E-state index in [0.717, 1.165) is 56.2 Å². The van der Waals surface area contributed by atoms with Crippen molar-refractivity contribution in [3.63, 3.8) is 0 Å². The van der Waals surface area contributed by atoms with Crippen LogP contribution in [0.25, 0.3) is 0 Å². The molecule has 1 aromatic heterocycles. The Bertz CT molecular complexity index is 526. The smallest absolute Gasteiger partial charge is 0.132 e. The minimum Gasteiger partial charge on any atom is -0.356 e. The molecule has 2 fully saturated rings. The second kappa shape index (κ2) is 10.5. The molecule has 0 aliphatic carbocycles. The molecule has 3 heterocycles. The number of alkyl halides is 1. The molecule has 0 unspecified atom stereocenters. The highest BCUT2D eigenvalue weighted by Gasteiger charge is 2.25. The van der Waals surface area contributed by atoms with Crippen molar-refractivity contribution in [1.29, 1.82) is 0 Å². The van der Waals surface area contributed by atoms with Crippen LogP contribution >= 0.6 is 24.8 Å². The first-order valence-corrected chi connectivity index (χ1v) is 8.84. The van der Waals surface area contributed by atoms with E-state index in [1.165, 1.54) is 0 Å². The predicted molar refractivity (Wildman–Crippen MR) is 105 cm³/mol. The van der Waals surface area contributed by atoms with Gasteiger partial charge in [0.15, 0.2) is 0 Å². The summed E-state index contributed by atoms with van der Waals surface area (Å²) in [6.07, 6.45) is 3.13. The van der Waals surface area contributed by atoms with Gasteiger partial charge in [-0.2, -0.15) is 0 Å². The van der Waals surface area contributed by atoms with E-state index in [1.807, 2.05) is 6.92 Å². The van der Waals surface area contributed by atoms with Gasteiger partial charge in [0.05, 0.1) is 0 Å². The Kier molecular flexibility index (Phi) is 9.35. The van der Waals surface area contributed by atoms with Gasteiger partial charge in [0, 0.05) is 50.0 Å². The third-order valence-electron chi connectivity index (χ3n) is 4.88. The number of nitrogens with one attached hydrogen (secondary N) is 2. The number of hydrogen-bond acceptors (Lipinski definition) is 5. The maximum absolute atomic E-state index is 13.2. The molecule has 8 heteroatoms. The van der Waals surface area contributed by atoms with E-state index < -0.39 is 6.17 Å². The minimum absolute atomic E-state index is 0. The lowest BCUT2D eigenvalue weighted by Gasteiger charge is -2.34. The lowest BCUT2D eigenvalue weighted by molar-refractivity contribution is 0.347. The van der Waals surface area contributed by atoms with Crippen LogP contribution < -0.4 is 15.5 Å². The molecule has 3 rings (SSSR count). The molecule has 0 aromatic carbocycles. The van der Waals surface area contributed by atoms with Crippen molar-refractivity contribution in [3.05, 3.63) is 17.6 Å². The Morgan fingerprint density at radius 2 is 2.00 bits per heavy atom. The Labute approximate surface area is 162 Å². The van der Waals surface area contributed by atoms with Crippen molar-refractivity contribution in [2.75, 3.05) is 31.1 Å². The zero-order valence-electron chi connectivity index (χ0n) is 15.0. The Morgan fingerprint density at radius 3 is 2.60 bits per heavy atom. The first-order chi connectivity index (χ1) is 11.1. The molecule has 2 aliphatic rings. The largest absolute Gasteiger partial charge is 0.356 e. The number of piperidine rings is 1. The first kappa shape index (κ1) is 22.4. The van der Waals surface area contributed by atoms with Gasteiger partial charge >= 0.3 is 0 Å². The molecule has 2 N–H and O–H groups in total. The van der Waals surface area contributed by atoms with Crippen molar-refractivity contribution in [1.82, 2.24) is 20.6 Å². The molecule has 1 aromatic rings. The van der Waals surface area contributed by atoms with Gasteiger partial charge < -0.3 is 15.5 Å². The molecule has 2 atom stereocenters. The monoisotopic (exact) mass is 393 g/mol. The topological polar surface area (TPSA) is 53.1 Å². The van der Waals surface area contributed by atoms with E-state index in [-0.39, 0.29) is 24.8 Å². The van der Waals surface area contributed by atoms with Crippen LogP contribution in [0.15, 0.2) is 6.07 Å². The molecule has 0 spiro atoms. The second-order valence-corrected chi connectivity index (χ2v) is 6.73. The zero-order chi connectivity index (χ0) is 16.2. The van der Waals surface area contributed by atoms with E-state index >= 15 is 0 Å².